The second-order valence-corrected chi connectivity index (χ2v) is 4.35. The number of nitrogens with zero attached hydrogens (tertiary/aromatic N) is 2. The lowest BCUT2D eigenvalue weighted by Crippen LogP contribution is -2.32. The van der Waals surface area contributed by atoms with Crippen LogP contribution in [0.25, 0.3) is 0 Å². The maximum Gasteiger partial charge on any atom is 0.288 e. The van der Waals surface area contributed by atoms with Crippen molar-refractivity contribution in [3.8, 4) is 5.75 Å². The van der Waals surface area contributed by atoms with Gasteiger partial charge < -0.3 is 10.5 Å². The smallest absolute Gasteiger partial charge is 0.288 e. The first-order valence-electron chi connectivity index (χ1n) is 5.75. The topological polar surface area (TPSA) is 70.1 Å². The summed E-state index contributed by atoms with van der Waals surface area (Å²) in [6.45, 7) is 1.77. The van der Waals surface area contributed by atoms with Gasteiger partial charge in [-0.2, -0.15) is 9.78 Å². The van der Waals surface area contributed by atoms with E-state index >= 15 is 0 Å². The quantitative estimate of drug-likeness (QED) is 0.822. The van der Waals surface area contributed by atoms with E-state index in [-0.39, 0.29) is 5.91 Å². The van der Waals surface area contributed by atoms with E-state index in [1.807, 2.05) is 24.3 Å². The number of nitrogen functional groups attached to an aromatic ring is 1. The molecule has 2 N–H and O–H groups in total. The van der Waals surface area contributed by atoms with E-state index in [4.69, 9.17) is 10.5 Å². The van der Waals surface area contributed by atoms with Gasteiger partial charge in [-0.3, -0.25) is 4.79 Å². The minimum absolute atomic E-state index is 0.180. The van der Waals surface area contributed by atoms with Crippen molar-refractivity contribution in [2.45, 2.75) is 19.4 Å². The Labute approximate surface area is 104 Å². The number of rotatable bonds is 1. The predicted octanol–water partition coefficient (Wildman–Crippen LogP) is 1.42. The number of para-hydroxylation sites is 1. The van der Waals surface area contributed by atoms with Gasteiger partial charge in [0.15, 0.2) is 6.10 Å². The number of aromatic nitrogens is 2. The second kappa shape index (κ2) is 3.87. The minimum Gasteiger partial charge on any atom is -0.480 e. The maximum atomic E-state index is 12.3. The highest BCUT2D eigenvalue weighted by molar-refractivity contribution is 5.85. The summed E-state index contributed by atoms with van der Waals surface area (Å²) in [7, 11) is 0. The largest absolute Gasteiger partial charge is 0.480 e. The number of anilines is 1. The molecule has 1 aromatic carbocycles. The van der Waals surface area contributed by atoms with Crippen molar-refractivity contribution in [3.63, 3.8) is 0 Å². The first-order chi connectivity index (χ1) is 8.66. The number of fused-ring (bicyclic) bond motifs is 1. The maximum absolute atomic E-state index is 12.3. The average molecular weight is 243 g/mol. The fourth-order valence-electron chi connectivity index (χ4n) is 2.10. The lowest BCUT2D eigenvalue weighted by atomic mass is 10.1. The summed E-state index contributed by atoms with van der Waals surface area (Å²) in [4.78, 5) is 12.3. The van der Waals surface area contributed by atoms with Crippen LogP contribution in [-0.2, 0) is 6.42 Å². The van der Waals surface area contributed by atoms with Gasteiger partial charge >= 0.3 is 0 Å². The molecule has 0 saturated heterocycles. The number of hydrogen-bond acceptors (Lipinski definition) is 4. The molecule has 1 aromatic heterocycles. The van der Waals surface area contributed by atoms with E-state index in [2.05, 4.69) is 5.10 Å². The first kappa shape index (κ1) is 10.8. The molecule has 1 aliphatic rings. The summed E-state index contributed by atoms with van der Waals surface area (Å²) in [5, 5.41) is 3.98. The Morgan fingerprint density at radius 1 is 1.50 bits per heavy atom. The monoisotopic (exact) mass is 243 g/mol. The molecule has 1 atom stereocenters. The summed E-state index contributed by atoms with van der Waals surface area (Å²) < 4.78 is 6.95. The van der Waals surface area contributed by atoms with Gasteiger partial charge in [-0.15, -0.1) is 0 Å². The molecule has 18 heavy (non-hydrogen) atoms. The van der Waals surface area contributed by atoms with E-state index in [1.165, 1.54) is 10.9 Å². The molecule has 1 unspecified atom stereocenters. The molecule has 3 rings (SSSR count). The van der Waals surface area contributed by atoms with Gasteiger partial charge in [0.25, 0.3) is 5.91 Å². The van der Waals surface area contributed by atoms with Gasteiger partial charge in [-0.25, -0.2) is 0 Å². The number of hydrogen-bond donors (Lipinski definition) is 1. The van der Waals surface area contributed by atoms with Gasteiger partial charge in [0, 0.05) is 6.42 Å². The van der Waals surface area contributed by atoms with E-state index in [0.29, 0.717) is 17.8 Å². The minimum atomic E-state index is -0.514. The highest BCUT2D eigenvalue weighted by Crippen LogP contribution is 2.29. The standard InChI is InChI=1S/C13H13N3O2/c1-8-10(14)7-15-16(8)13(17)12-6-9-4-2-3-5-11(9)18-12/h2-5,7,12H,6,14H2,1H3. The second-order valence-electron chi connectivity index (χ2n) is 4.35. The number of ether oxygens (including phenoxy) is 1. The van der Waals surface area contributed by atoms with Crippen LogP contribution in [0.3, 0.4) is 0 Å². The van der Waals surface area contributed by atoms with Crippen molar-refractivity contribution in [1.82, 2.24) is 9.78 Å². The van der Waals surface area contributed by atoms with Crippen molar-refractivity contribution in [1.29, 1.82) is 0 Å². The molecule has 0 radical (unpaired) electrons. The number of nitrogens with two attached hydrogens (primary N) is 1. The highest BCUT2D eigenvalue weighted by Gasteiger charge is 2.31. The van der Waals surface area contributed by atoms with Crippen LogP contribution in [0.2, 0.25) is 0 Å². The molecule has 0 fully saturated rings. The molecule has 0 spiro atoms. The molecular formula is C13H13N3O2. The van der Waals surface area contributed by atoms with Crippen molar-refractivity contribution < 1.29 is 9.53 Å². The van der Waals surface area contributed by atoms with E-state index in [1.54, 1.807) is 6.92 Å². The van der Waals surface area contributed by atoms with E-state index < -0.39 is 6.10 Å². The van der Waals surface area contributed by atoms with Crippen molar-refractivity contribution in [3.05, 3.63) is 41.7 Å². The normalized spacial score (nSPS) is 17.3. The lowest BCUT2D eigenvalue weighted by Gasteiger charge is -2.10. The van der Waals surface area contributed by atoms with Crippen LogP contribution in [0.15, 0.2) is 30.5 Å². The van der Waals surface area contributed by atoms with Crippen molar-refractivity contribution in [2.75, 3.05) is 5.73 Å². The zero-order valence-electron chi connectivity index (χ0n) is 9.96. The Morgan fingerprint density at radius 2 is 2.28 bits per heavy atom. The van der Waals surface area contributed by atoms with E-state index in [9.17, 15) is 4.79 Å². The molecule has 92 valence electrons. The van der Waals surface area contributed by atoms with Gasteiger partial charge in [0.05, 0.1) is 17.6 Å². The zero-order valence-corrected chi connectivity index (χ0v) is 9.96. The summed E-state index contributed by atoms with van der Waals surface area (Å²) in [5.74, 6) is 0.592. The molecule has 1 aliphatic heterocycles. The third kappa shape index (κ3) is 1.55. The van der Waals surface area contributed by atoms with Gasteiger partial charge in [0.1, 0.15) is 5.75 Å². The molecular weight excluding hydrogens is 230 g/mol. The molecule has 0 aliphatic carbocycles. The van der Waals surface area contributed by atoms with Gasteiger partial charge in [0.2, 0.25) is 0 Å². The summed E-state index contributed by atoms with van der Waals surface area (Å²) in [6, 6.07) is 7.66. The number of carbonyl (C=O) groups excluding carboxylic acids is 1. The SMILES string of the molecule is Cc1c(N)cnn1C(=O)C1Cc2ccccc2O1. The third-order valence-corrected chi connectivity index (χ3v) is 3.18. The van der Waals surface area contributed by atoms with Crippen LogP contribution in [0.1, 0.15) is 16.1 Å². The van der Waals surface area contributed by atoms with Gasteiger partial charge in [-0.1, -0.05) is 18.2 Å². The molecule has 2 heterocycles. The summed E-state index contributed by atoms with van der Waals surface area (Å²) in [5.41, 5.74) is 7.90. The zero-order chi connectivity index (χ0) is 12.7. The molecule has 0 saturated carbocycles. The molecule has 2 aromatic rings. The summed E-state index contributed by atoms with van der Waals surface area (Å²) >= 11 is 0. The molecule has 0 amide bonds. The molecule has 5 heteroatoms. The molecule has 0 bridgehead atoms. The Hall–Kier alpha value is -2.30. The van der Waals surface area contributed by atoms with Gasteiger partial charge in [-0.05, 0) is 18.6 Å². The highest BCUT2D eigenvalue weighted by atomic mass is 16.5. The Bertz CT molecular complexity index is 593. The lowest BCUT2D eigenvalue weighted by molar-refractivity contribution is 0.0714. The Balaban J connectivity index is 1.87. The van der Waals surface area contributed by atoms with Crippen LogP contribution in [0.4, 0.5) is 5.69 Å². The first-order valence-corrected chi connectivity index (χ1v) is 5.75. The van der Waals surface area contributed by atoms with E-state index in [0.717, 1.165) is 11.3 Å². The fraction of sp³-hybridized carbons (Fsp3) is 0.231. The Morgan fingerprint density at radius 3 is 2.94 bits per heavy atom. The van der Waals surface area contributed by atoms with Crippen LogP contribution >= 0.6 is 0 Å². The average Bonchev–Trinajstić information content (AvgIpc) is 2.94. The number of carbonyl (C=O) groups is 1. The van der Waals surface area contributed by atoms with Crippen molar-refractivity contribution >= 4 is 11.6 Å². The van der Waals surface area contributed by atoms with Crippen LogP contribution < -0.4 is 10.5 Å². The third-order valence-electron chi connectivity index (χ3n) is 3.18. The fourth-order valence-corrected chi connectivity index (χ4v) is 2.10. The number of benzene rings is 1. The Kier molecular flexibility index (Phi) is 2.33. The van der Waals surface area contributed by atoms with Crippen molar-refractivity contribution in [2.24, 2.45) is 0 Å². The predicted molar refractivity (Wildman–Crippen MR) is 66.6 cm³/mol. The van der Waals surface area contributed by atoms with Crippen LogP contribution in [0, 0.1) is 6.92 Å². The van der Waals surface area contributed by atoms with Crippen LogP contribution in [0.5, 0.6) is 5.75 Å². The summed E-state index contributed by atoms with van der Waals surface area (Å²) in [6.07, 6.45) is 1.55. The molecule has 5 nitrogen and oxygen atoms in total. The van der Waals surface area contributed by atoms with Crippen LogP contribution in [-0.4, -0.2) is 21.8 Å².